The van der Waals surface area contributed by atoms with Crippen molar-refractivity contribution in [3.63, 3.8) is 0 Å². The number of hydrogen-bond donors (Lipinski definition) is 1. The molecule has 0 radical (unpaired) electrons. The first-order valence-electron chi connectivity index (χ1n) is 7.38. The van der Waals surface area contributed by atoms with Gasteiger partial charge in [0, 0.05) is 19.3 Å². The van der Waals surface area contributed by atoms with Crippen molar-refractivity contribution in [3.05, 3.63) is 29.3 Å². The summed E-state index contributed by atoms with van der Waals surface area (Å²) >= 11 is 0. The van der Waals surface area contributed by atoms with Gasteiger partial charge in [-0.2, -0.15) is 0 Å². The van der Waals surface area contributed by atoms with Crippen LogP contribution in [0.15, 0.2) is 18.2 Å². The summed E-state index contributed by atoms with van der Waals surface area (Å²) in [5.74, 6) is -0.229. The van der Waals surface area contributed by atoms with Crippen LogP contribution in [0.1, 0.15) is 35.2 Å². The van der Waals surface area contributed by atoms with Gasteiger partial charge in [0.1, 0.15) is 6.61 Å². The SMILES string of the molecule is CNc1ccc(C(=O)OCCN2CCCCC2)cc1C. The number of benzene rings is 1. The van der Waals surface area contributed by atoms with E-state index in [1.54, 1.807) is 0 Å². The second-order valence-electron chi connectivity index (χ2n) is 5.32. The zero-order chi connectivity index (χ0) is 14.4. The maximum atomic E-state index is 12.0. The number of carbonyl (C=O) groups excluding carboxylic acids is 1. The predicted octanol–water partition coefficient (Wildman–Crippen LogP) is 2.68. The van der Waals surface area contributed by atoms with Crippen molar-refractivity contribution in [1.82, 2.24) is 4.90 Å². The Bertz CT molecular complexity index is 454. The highest BCUT2D eigenvalue weighted by molar-refractivity contribution is 5.90. The van der Waals surface area contributed by atoms with Crippen LogP contribution < -0.4 is 5.32 Å². The Hall–Kier alpha value is -1.55. The maximum Gasteiger partial charge on any atom is 0.338 e. The van der Waals surface area contributed by atoms with E-state index in [2.05, 4.69) is 10.2 Å². The van der Waals surface area contributed by atoms with Gasteiger partial charge in [-0.25, -0.2) is 4.79 Å². The van der Waals surface area contributed by atoms with Crippen LogP contribution in [0.2, 0.25) is 0 Å². The van der Waals surface area contributed by atoms with Crippen LogP contribution >= 0.6 is 0 Å². The van der Waals surface area contributed by atoms with E-state index in [0.29, 0.717) is 12.2 Å². The average molecular weight is 276 g/mol. The lowest BCUT2D eigenvalue weighted by atomic mass is 10.1. The van der Waals surface area contributed by atoms with Crippen LogP contribution in [-0.2, 0) is 4.74 Å². The summed E-state index contributed by atoms with van der Waals surface area (Å²) in [6.07, 6.45) is 3.85. The van der Waals surface area contributed by atoms with E-state index < -0.39 is 0 Å². The van der Waals surface area contributed by atoms with Gasteiger partial charge in [-0.15, -0.1) is 0 Å². The first-order chi connectivity index (χ1) is 9.70. The second kappa shape index (κ2) is 7.29. The van der Waals surface area contributed by atoms with Gasteiger partial charge in [0.25, 0.3) is 0 Å². The molecule has 2 rings (SSSR count). The number of nitrogens with zero attached hydrogens (tertiary/aromatic N) is 1. The summed E-state index contributed by atoms with van der Waals surface area (Å²) in [7, 11) is 1.87. The average Bonchev–Trinajstić information content (AvgIpc) is 2.48. The van der Waals surface area contributed by atoms with E-state index in [1.165, 1.54) is 19.3 Å². The predicted molar refractivity (Wildman–Crippen MR) is 81.3 cm³/mol. The third kappa shape index (κ3) is 3.97. The number of likely N-dealkylation sites (tertiary alicyclic amines) is 1. The number of anilines is 1. The summed E-state index contributed by atoms with van der Waals surface area (Å²) in [5, 5.41) is 3.09. The molecule has 1 fully saturated rings. The number of nitrogens with one attached hydrogen (secondary N) is 1. The first-order valence-corrected chi connectivity index (χ1v) is 7.38. The topological polar surface area (TPSA) is 41.6 Å². The highest BCUT2D eigenvalue weighted by Gasteiger charge is 2.12. The van der Waals surface area contributed by atoms with E-state index in [0.717, 1.165) is 30.9 Å². The summed E-state index contributed by atoms with van der Waals surface area (Å²) in [5.41, 5.74) is 2.72. The number of piperidine rings is 1. The fourth-order valence-corrected chi connectivity index (χ4v) is 2.60. The van der Waals surface area contributed by atoms with Crippen LogP contribution in [0, 0.1) is 6.92 Å². The monoisotopic (exact) mass is 276 g/mol. The van der Waals surface area contributed by atoms with Crippen LogP contribution in [0.4, 0.5) is 5.69 Å². The molecule has 1 aliphatic heterocycles. The van der Waals surface area contributed by atoms with Crippen LogP contribution in [0.25, 0.3) is 0 Å². The van der Waals surface area contributed by atoms with Crippen LogP contribution in [0.5, 0.6) is 0 Å². The van der Waals surface area contributed by atoms with Gasteiger partial charge in [0.2, 0.25) is 0 Å². The lowest BCUT2D eigenvalue weighted by molar-refractivity contribution is 0.0452. The molecule has 1 aromatic rings. The van der Waals surface area contributed by atoms with E-state index in [-0.39, 0.29) is 5.97 Å². The van der Waals surface area contributed by atoms with E-state index >= 15 is 0 Å². The van der Waals surface area contributed by atoms with Crippen molar-refractivity contribution in [2.45, 2.75) is 26.2 Å². The normalized spacial score (nSPS) is 15.9. The van der Waals surface area contributed by atoms with Crippen molar-refractivity contribution < 1.29 is 9.53 Å². The molecule has 0 amide bonds. The molecule has 0 aromatic heterocycles. The number of esters is 1. The van der Waals surface area contributed by atoms with E-state index in [9.17, 15) is 4.79 Å². The molecule has 0 bridgehead atoms. The molecule has 4 nitrogen and oxygen atoms in total. The second-order valence-corrected chi connectivity index (χ2v) is 5.32. The quantitative estimate of drug-likeness (QED) is 0.840. The molecule has 20 heavy (non-hydrogen) atoms. The minimum Gasteiger partial charge on any atom is -0.461 e. The van der Waals surface area contributed by atoms with E-state index in [4.69, 9.17) is 4.74 Å². The lowest BCUT2D eigenvalue weighted by Crippen LogP contribution is -2.33. The number of aryl methyl sites for hydroxylation is 1. The Morgan fingerprint density at radius 1 is 1.30 bits per heavy atom. The maximum absolute atomic E-state index is 12.0. The summed E-state index contributed by atoms with van der Waals surface area (Å²) in [4.78, 5) is 14.3. The van der Waals surface area contributed by atoms with Gasteiger partial charge >= 0.3 is 5.97 Å². The molecule has 0 atom stereocenters. The Morgan fingerprint density at radius 3 is 2.70 bits per heavy atom. The molecule has 0 saturated carbocycles. The van der Waals surface area contributed by atoms with Crippen LogP contribution in [-0.4, -0.2) is 44.2 Å². The minimum atomic E-state index is -0.229. The minimum absolute atomic E-state index is 0.229. The van der Waals surface area contributed by atoms with Gasteiger partial charge in [-0.1, -0.05) is 6.42 Å². The number of carbonyl (C=O) groups is 1. The molecule has 4 heteroatoms. The zero-order valence-electron chi connectivity index (χ0n) is 12.4. The smallest absolute Gasteiger partial charge is 0.338 e. The third-order valence-corrected chi connectivity index (χ3v) is 3.82. The molecule has 0 unspecified atom stereocenters. The summed E-state index contributed by atoms with van der Waals surface area (Å²) < 4.78 is 5.36. The molecule has 0 spiro atoms. The Balaban J connectivity index is 1.80. The lowest BCUT2D eigenvalue weighted by Gasteiger charge is -2.25. The molecule has 1 aromatic carbocycles. The van der Waals surface area contributed by atoms with Crippen LogP contribution in [0.3, 0.4) is 0 Å². The molecule has 1 aliphatic rings. The molecule has 1 N–H and O–H groups in total. The van der Waals surface area contributed by atoms with Crippen molar-refractivity contribution >= 4 is 11.7 Å². The largest absolute Gasteiger partial charge is 0.461 e. The van der Waals surface area contributed by atoms with Gasteiger partial charge in [-0.05, 0) is 56.6 Å². The fraction of sp³-hybridized carbons (Fsp3) is 0.562. The zero-order valence-corrected chi connectivity index (χ0v) is 12.4. The first kappa shape index (κ1) is 14.9. The summed E-state index contributed by atoms with van der Waals surface area (Å²) in [6.45, 7) is 5.57. The molecule has 110 valence electrons. The Labute approximate surface area is 121 Å². The Kier molecular flexibility index (Phi) is 5.41. The molecule has 1 heterocycles. The fourth-order valence-electron chi connectivity index (χ4n) is 2.60. The van der Waals surface area contributed by atoms with Gasteiger partial charge in [0.15, 0.2) is 0 Å². The van der Waals surface area contributed by atoms with Crippen molar-refractivity contribution in [2.24, 2.45) is 0 Å². The van der Waals surface area contributed by atoms with Gasteiger partial charge < -0.3 is 10.1 Å². The number of rotatable bonds is 5. The molecular weight excluding hydrogens is 252 g/mol. The van der Waals surface area contributed by atoms with Gasteiger partial charge in [0.05, 0.1) is 5.56 Å². The third-order valence-electron chi connectivity index (χ3n) is 3.82. The van der Waals surface area contributed by atoms with Crippen molar-refractivity contribution in [3.8, 4) is 0 Å². The van der Waals surface area contributed by atoms with Crippen molar-refractivity contribution in [1.29, 1.82) is 0 Å². The van der Waals surface area contributed by atoms with E-state index in [1.807, 2.05) is 32.2 Å². The molecule has 1 saturated heterocycles. The number of ether oxygens (including phenoxy) is 1. The van der Waals surface area contributed by atoms with Crippen molar-refractivity contribution in [2.75, 3.05) is 38.6 Å². The highest BCUT2D eigenvalue weighted by Crippen LogP contribution is 2.16. The summed E-state index contributed by atoms with van der Waals surface area (Å²) in [6, 6.07) is 5.59. The molecular formula is C16H24N2O2. The Morgan fingerprint density at radius 2 is 2.05 bits per heavy atom. The van der Waals surface area contributed by atoms with Gasteiger partial charge in [-0.3, -0.25) is 4.90 Å². The highest BCUT2D eigenvalue weighted by atomic mass is 16.5. The molecule has 0 aliphatic carbocycles. The standard InChI is InChI=1S/C16H24N2O2/c1-13-12-14(6-7-15(13)17-2)16(19)20-11-10-18-8-4-3-5-9-18/h6-7,12,17H,3-5,8-11H2,1-2H3. The number of hydrogen-bond acceptors (Lipinski definition) is 4.